The molecule has 1 rings (SSSR count). The maximum Gasteiger partial charge on any atom is 0.0490 e. The highest BCUT2D eigenvalue weighted by Crippen LogP contribution is 2.36. The van der Waals surface area contributed by atoms with E-state index in [0.29, 0.717) is 12.5 Å². The molecule has 1 heterocycles. The van der Waals surface area contributed by atoms with Gasteiger partial charge in [-0.3, -0.25) is 0 Å². The Morgan fingerprint density at radius 3 is 2.67 bits per heavy atom. The molecule has 0 bridgehead atoms. The lowest BCUT2D eigenvalue weighted by atomic mass is 9.72. The SMILES string of the molecule is CC(C)C1(CO)CCCNCC1. The monoisotopic (exact) mass is 171 g/mol. The van der Waals surface area contributed by atoms with E-state index in [2.05, 4.69) is 19.2 Å². The first kappa shape index (κ1) is 10.0. The molecular weight excluding hydrogens is 150 g/mol. The van der Waals surface area contributed by atoms with Crippen molar-refractivity contribution in [3.8, 4) is 0 Å². The molecule has 1 saturated heterocycles. The van der Waals surface area contributed by atoms with E-state index in [1.807, 2.05) is 0 Å². The molecule has 0 aliphatic carbocycles. The van der Waals surface area contributed by atoms with E-state index in [1.165, 1.54) is 12.8 Å². The maximum absolute atomic E-state index is 9.41. The van der Waals surface area contributed by atoms with Crippen molar-refractivity contribution >= 4 is 0 Å². The van der Waals surface area contributed by atoms with E-state index < -0.39 is 0 Å². The van der Waals surface area contributed by atoms with Gasteiger partial charge in [0.05, 0.1) is 0 Å². The molecule has 2 nitrogen and oxygen atoms in total. The van der Waals surface area contributed by atoms with Crippen LogP contribution in [0.3, 0.4) is 0 Å². The molecule has 1 atom stereocenters. The fraction of sp³-hybridized carbons (Fsp3) is 1.00. The highest BCUT2D eigenvalue weighted by atomic mass is 16.3. The third-order valence-corrected chi connectivity index (χ3v) is 3.37. The van der Waals surface area contributed by atoms with Crippen molar-refractivity contribution in [3.63, 3.8) is 0 Å². The molecular formula is C10H21NO. The van der Waals surface area contributed by atoms with Crippen LogP contribution in [0.4, 0.5) is 0 Å². The third kappa shape index (κ3) is 1.99. The summed E-state index contributed by atoms with van der Waals surface area (Å²) in [5, 5.41) is 12.8. The van der Waals surface area contributed by atoms with Crippen molar-refractivity contribution in [2.24, 2.45) is 11.3 Å². The number of hydrogen-bond donors (Lipinski definition) is 2. The summed E-state index contributed by atoms with van der Waals surface area (Å²) in [4.78, 5) is 0. The molecule has 12 heavy (non-hydrogen) atoms. The highest BCUT2D eigenvalue weighted by Gasteiger charge is 2.33. The molecule has 2 heteroatoms. The molecule has 1 aliphatic rings. The van der Waals surface area contributed by atoms with Crippen molar-refractivity contribution in [1.29, 1.82) is 0 Å². The minimum atomic E-state index is 0.198. The van der Waals surface area contributed by atoms with E-state index in [-0.39, 0.29) is 5.41 Å². The van der Waals surface area contributed by atoms with Gasteiger partial charge in [0.15, 0.2) is 0 Å². The molecule has 0 aromatic rings. The van der Waals surface area contributed by atoms with Gasteiger partial charge in [-0.15, -0.1) is 0 Å². The second kappa shape index (κ2) is 4.24. The lowest BCUT2D eigenvalue weighted by molar-refractivity contribution is 0.0633. The Balaban J connectivity index is 2.61. The van der Waals surface area contributed by atoms with Crippen molar-refractivity contribution in [2.45, 2.75) is 33.1 Å². The van der Waals surface area contributed by atoms with Crippen LogP contribution in [0.2, 0.25) is 0 Å². The van der Waals surface area contributed by atoms with Gasteiger partial charge in [0.1, 0.15) is 0 Å². The Morgan fingerprint density at radius 2 is 2.08 bits per heavy atom. The van der Waals surface area contributed by atoms with Crippen LogP contribution in [0.15, 0.2) is 0 Å². The number of hydrogen-bond acceptors (Lipinski definition) is 2. The van der Waals surface area contributed by atoms with Crippen molar-refractivity contribution < 1.29 is 5.11 Å². The summed E-state index contributed by atoms with van der Waals surface area (Å²) in [5.74, 6) is 0.599. The number of aliphatic hydroxyl groups excluding tert-OH is 1. The Morgan fingerprint density at radius 1 is 1.33 bits per heavy atom. The fourth-order valence-corrected chi connectivity index (χ4v) is 2.07. The molecule has 2 N–H and O–H groups in total. The molecule has 0 aromatic heterocycles. The van der Waals surface area contributed by atoms with Gasteiger partial charge in [-0.25, -0.2) is 0 Å². The Hall–Kier alpha value is -0.0800. The summed E-state index contributed by atoms with van der Waals surface area (Å²) in [6.45, 7) is 6.99. The van der Waals surface area contributed by atoms with Crippen LogP contribution in [0.25, 0.3) is 0 Å². The summed E-state index contributed by atoms with van der Waals surface area (Å²) >= 11 is 0. The van der Waals surface area contributed by atoms with Crippen molar-refractivity contribution in [3.05, 3.63) is 0 Å². The summed E-state index contributed by atoms with van der Waals surface area (Å²) in [6.07, 6.45) is 3.51. The van der Waals surface area contributed by atoms with Crippen LogP contribution in [-0.2, 0) is 0 Å². The molecule has 1 unspecified atom stereocenters. The van der Waals surface area contributed by atoms with Crippen LogP contribution in [0.1, 0.15) is 33.1 Å². The first-order chi connectivity index (χ1) is 5.71. The summed E-state index contributed by atoms with van der Waals surface area (Å²) < 4.78 is 0. The van der Waals surface area contributed by atoms with Gasteiger partial charge in [0, 0.05) is 6.61 Å². The first-order valence-electron chi connectivity index (χ1n) is 5.03. The van der Waals surface area contributed by atoms with Gasteiger partial charge >= 0.3 is 0 Å². The largest absolute Gasteiger partial charge is 0.396 e. The quantitative estimate of drug-likeness (QED) is 0.658. The van der Waals surface area contributed by atoms with Gasteiger partial charge < -0.3 is 10.4 Å². The number of rotatable bonds is 2. The van der Waals surface area contributed by atoms with Gasteiger partial charge in [-0.1, -0.05) is 13.8 Å². The standard InChI is InChI=1S/C10H21NO/c1-9(2)10(8-12)4-3-6-11-7-5-10/h9,11-12H,3-8H2,1-2H3. The lowest BCUT2D eigenvalue weighted by Crippen LogP contribution is -2.32. The van der Waals surface area contributed by atoms with E-state index in [4.69, 9.17) is 0 Å². The number of nitrogens with one attached hydrogen (secondary N) is 1. The molecule has 72 valence electrons. The Labute approximate surface area is 75.4 Å². The van der Waals surface area contributed by atoms with Gasteiger partial charge in [-0.2, -0.15) is 0 Å². The predicted molar refractivity (Wildman–Crippen MR) is 51.1 cm³/mol. The van der Waals surface area contributed by atoms with Crippen molar-refractivity contribution in [1.82, 2.24) is 5.32 Å². The normalized spacial score (nSPS) is 32.0. The van der Waals surface area contributed by atoms with Crippen LogP contribution in [-0.4, -0.2) is 24.8 Å². The average molecular weight is 171 g/mol. The number of aliphatic hydroxyl groups is 1. The first-order valence-corrected chi connectivity index (χ1v) is 5.03. The van der Waals surface area contributed by atoms with E-state index in [0.717, 1.165) is 19.5 Å². The average Bonchev–Trinajstić information content (AvgIpc) is 2.29. The minimum absolute atomic E-state index is 0.198. The zero-order valence-corrected chi connectivity index (χ0v) is 8.27. The zero-order chi connectivity index (χ0) is 9.03. The van der Waals surface area contributed by atoms with E-state index in [1.54, 1.807) is 0 Å². The summed E-state index contributed by atoms with van der Waals surface area (Å²) in [6, 6.07) is 0. The second-order valence-corrected chi connectivity index (χ2v) is 4.28. The molecule has 0 radical (unpaired) electrons. The van der Waals surface area contributed by atoms with Crippen LogP contribution in [0.5, 0.6) is 0 Å². The van der Waals surface area contributed by atoms with Crippen molar-refractivity contribution in [2.75, 3.05) is 19.7 Å². The van der Waals surface area contributed by atoms with Crippen LogP contribution >= 0.6 is 0 Å². The van der Waals surface area contributed by atoms with Crippen LogP contribution in [0, 0.1) is 11.3 Å². The second-order valence-electron chi connectivity index (χ2n) is 4.28. The summed E-state index contributed by atoms with van der Waals surface area (Å²) in [7, 11) is 0. The maximum atomic E-state index is 9.41. The van der Waals surface area contributed by atoms with E-state index in [9.17, 15) is 5.11 Å². The zero-order valence-electron chi connectivity index (χ0n) is 8.27. The predicted octanol–water partition coefficient (Wildman–Crippen LogP) is 1.39. The third-order valence-electron chi connectivity index (χ3n) is 3.37. The molecule has 1 aliphatic heterocycles. The summed E-state index contributed by atoms with van der Waals surface area (Å²) in [5.41, 5.74) is 0.198. The molecule has 0 amide bonds. The Bertz CT molecular complexity index is 126. The van der Waals surface area contributed by atoms with Gasteiger partial charge in [0.2, 0.25) is 0 Å². The minimum Gasteiger partial charge on any atom is -0.396 e. The molecule has 1 fully saturated rings. The fourth-order valence-electron chi connectivity index (χ4n) is 2.07. The lowest BCUT2D eigenvalue weighted by Gasteiger charge is -2.34. The van der Waals surface area contributed by atoms with Gasteiger partial charge in [-0.05, 0) is 43.7 Å². The van der Waals surface area contributed by atoms with E-state index >= 15 is 0 Å². The van der Waals surface area contributed by atoms with Gasteiger partial charge in [0.25, 0.3) is 0 Å². The molecule has 0 spiro atoms. The van der Waals surface area contributed by atoms with Crippen LogP contribution < -0.4 is 5.32 Å². The highest BCUT2D eigenvalue weighted by molar-refractivity contribution is 4.84. The topological polar surface area (TPSA) is 32.3 Å². The Kier molecular flexibility index (Phi) is 3.53. The smallest absolute Gasteiger partial charge is 0.0490 e. The molecule has 0 aromatic carbocycles. The molecule has 0 saturated carbocycles.